The Balaban J connectivity index is 1.37. The number of carbonyl (C=O) groups is 1. The Labute approximate surface area is 171 Å². The van der Waals surface area contributed by atoms with Gasteiger partial charge in [0, 0.05) is 31.6 Å². The van der Waals surface area contributed by atoms with E-state index in [-0.39, 0.29) is 12.5 Å². The van der Waals surface area contributed by atoms with Crippen molar-refractivity contribution in [3.8, 4) is 5.75 Å². The number of amides is 1. The zero-order valence-electron chi connectivity index (χ0n) is 17.3. The van der Waals surface area contributed by atoms with Gasteiger partial charge in [0.15, 0.2) is 6.61 Å². The lowest BCUT2D eigenvalue weighted by molar-refractivity contribution is -0.133. The molecular weight excluding hydrogens is 362 g/mol. The van der Waals surface area contributed by atoms with E-state index in [1.165, 1.54) is 16.5 Å². The molecular formula is C24H27N3O2. The second-order valence-corrected chi connectivity index (χ2v) is 7.67. The number of nitrogens with zero attached hydrogens (tertiary/aromatic N) is 3. The highest BCUT2D eigenvalue weighted by atomic mass is 16.5. The molecule has 0 aliphatic carbocycles. The number of ether oxygens (including phenoxy) is 1. The Bertz CT molecular complexity index is 1040. The summed E-state index contributed by atoms with van der Waals surface area (Å²) in [6.45, 7) is 9.19. The number of aromatic nitrogens is 1. The van der Waals surface area contributed by atoms with E-state index < -0.39 is 0 Å². The number of benzene rings is 2. The van der Waals surface area contributed by atoms with Gasteiger partial charge >= 0.3 is 0 Å². The molecule has 5 heteroatoms. The molecule has 1 amide bonds. The summed E-state index contributed by atoms with van der Waals surface area (Å²) in [6.07, 6.45) is 0. The number of fused-ring (bicyclic) bond motifs is 1. The van der Waals surface area contributed by atoms with E-state index in [9.17, 15) is 4.79 Å². The van der Waals surface area contributed by atoms with Crippen molar-refractivity contribution in [2.45, 2.75) is 20.8 Å². The molecule has 0 saturated carbocycles. The molecule has 150 valence electrons. The topological polar surface area (TPSA) is 45.7 Å². The molecule has 1 fully saturated rings. The number of pyridine rings is 1. The molecule has 1 aliphatic heterocycles. The number of aryl methyl sites for hydroxylation is 2. The Morgan fingerprint density at radius 3 is 2.52 bits per heavy atom. The van der Waals surface area contributed by atoms with Crippen molar-refractivity contribution in [2.24, 2.45) is 0 Å². The monoisotopic (exact) mass is 389 g/mol. The third kappa shape index (κ3) is 4.04. The molecule has 0 spiro atoms. The molecule has 29 heavy (non-hydrogen) atoms. The molecule has 0 unspecified atom stereocenters. The zero-order valence-corrected chi connectivity index (χ0v) is 17.3. The van der Waals surface area contributed by atoms with Crippen LogP contribution in [0.4, 0.5) is 5.82 Å². The SMILES string of the molecule is Cc1cccc(OCC(=O)N2CCN(c3cc(C)c4ccccc4n3)CC2)c1C. The van der Waals surface area contributed by atoms with Gasteiger partial charge in [-0.2, -0.15) is 0 Å². The molecule has 1 saturated heterocycles. The maximum Gasteiger partial charge on any atom is 0.260 e. The second kappa shape index (κ2) is 8.11. The molecule has 0 atom stereocenters. The van der Waals surface area contributed by atoms with Gasteiger partial charge in [0.25, 0.3) is 5.91 Å². The maximum atomic E-state index is 12.6. The molecule has 3 aromatic rings. The van der Waals surface area contributed by atoms with Gasteiger partial charge in [-0.3, -0.25) is 4.79 Å². The Morgan fingerprint density at radius 2 is 1.72 bits per heavy atom. The van der Waals surface area contributed by atoms with Crippen molar-refractivity contribution in [3.63, 3.8) is 0 Å². The largest absolute Gasteiger partial charge is 0.483 e. The van der Waals surface area contributed by atoms with Crippen LogP contribution in [0.2, 0.25) is 0 Å². The van der Waals surface area contributed by atoms with E-state index in [2.05, 4.69) is 30.0 Å². The molecule has 0 N–H and O–H groups in total. The second-order valence-electron chi connectivity index (χ2n) is 7.67. The summed E-state index contributed by atoms with van der Waals surface area (Å²) in [5.74, 6) is 1.81. The summed E-state index contributed by atoms with van der Waals surface area (Å²) >= 11 is 0. The van der Waals surface area contributed by atoms with Gasteiger partial charge in [-0.1, -0.05) is 30.3 Å². The van der Waals surface area contributed by atoms with Crippen LogP contribution in [-0.4, -0.2) is 48.6 Å². The van der Waals surface area contributed by atoms with Crippen molar-refractivity contribution in [1.82, 2.24) is 9.88 Å². The highest BCUT2D eigenvalue weighted by Gasteiger charge is 2.23. The number of rotatable bonds is 4. The van der Waals surface area contributed by atoms with Gasteiger partial charge in [0.2, 0.25) is 0 Å². The number of para-hydroxylation sites is 1. The van der Waals surface area contributed by atoms with Crippen LogP contribution in [0.25, 0.3) is 10.9 Å². The average Bonchev–Trinajstić information content (AvgIpc) is 2.74. The zero-order chi connectivity index (χ0) is 20.4. The van der Waals surface area contributed by atoms with Crippen molar-refractivity contribution >= 4 is 22.6 Å². The van der Waals surface area contributed by atoms with Crippen LogP contribution in [0.1, 0.15) is 16.7 Å². The highest BCUT2D eigenvalue weighted by Crippen LogP contribution is 2.24. The summed E-state index contributed by atoms with van der Waals surface area (Å²) < 4.78 is 5.79. The van der Waals surface area contributed by atoms with Gasteiger partial charge in [-0.05, 0) is 55.7 Å². The van der Waals surface area contributed by atoms with Gasteiger partial charge in [0.1, 0.15) is 11.6 Å². The minimum Gasteiger partial charge on any atom is -0.483 e. The summed E-state index contributed by atoms with van der Waals surface area (Å²) in [4.78, 5) is 21.6. The van der Waals surface area contributed by atoms with Gasteiger partial charge in [0.05, 0.1) is 5.52 Å². The Hall–Kier alpha value is -3.08. The van der Waals surface area contributed by atoms with Crippen molar-refractivity contribution in [3.05, 3.63) is 65.2 Å². The number of hydrogen-bond donors (Lipinski definition) is 0. The van der Waals surface area contributed by atoms with Crippen molar-refractivity contribution < 1.29 is 9.53 Å². The lowest BCUT2D eigenvalue weighted by Crippen LogP contribution is -2.50. The lowest BCUT2D eigenvalue weighted by Gasteiger charge is -2.35. The fourth-order valence-corrected chi connectivity index (χ4v) is 3.79. The van der Waals surface area contributed by atoms with E-state index >= 15 is 0 Å². The first kappa shape index (κ1) is 19.2. The molecule has 0 bridgehead atoms. The smallest absolute Gasteiger partial charge is 0.260 e. The third-order valence-corrected chi connectivity index (χ3v) is 5.77. The minimum absolute atomic E-state index is 0.0354. The molecule has 5 nitrogen and oxygen atoms in total. The molecule has 1 aliphatic rings. The summed E-state index contributed by atoms with van der Waals surface area (Å²) in [5, 5.41) is 1.19. The number of anilines is 1. The van der Waals surface area contributed by atoms with Crippen LogP contribution >= 0.6 is 0 Å². The summed E-state index contributed by atoms with van der Waals surface area (Å²) in [6, 6.07) is 16.3. The average molecular weight is 389 g/mol. The van der Waals surface area contributed by atoms with Crippen molar-refractivity contribution in [1.29, 1.82) is 0 Å². The van der Waals surface area contributed by atoms with Crippen LogP contribution < -0.4 is 9.64 Å². The molecule has 2 heterocycles. The molecule has 2 aromatic carbocycles. The van der Waals surface area contributed by atoms with Gasteiger partial charge < -0.3 is 14.5 Å². The highest BCUT2D eigenvalue weighted by molar-refractivity contribution is 5.84. The fourth-order valence-electron chi connectivity index (χ4n) is 3.79. The van der Waals surface area contributed by atoms with Gasteiger partial charge in [-0.25, -0.2) is 4.98 Å². The minimum atomic E-state index is 0.0354. The molecule has 1 aromatic heterocycles. The Morgan fingerprint density at radius 1 is 0.966 bits per heavy atom. The number of hydrogen-bond acceptors (Lipinski definition) is 4. The van der Waals surface area contributed by atoms with Crippen molar-refractivity contribution in [2.75, 3.05) is 37.7 Å². The van der Waals surface area contributed by atoms with E-state index in [1.54, 1.807) is 0 Å². The van der Waals surface area contributed by atoms with Crippen LogP contribution in [0.15, 0.2) is 48.5 Å². The van der Waals surface area contributed by atoms with Crippen LogP contribution in [0.3, 0.4) is 0 Å². The summed E-state index contributed by atoms with van der Waals surface area (Å²) in [7, 11) is 0. The van der Waals surface area contributed by atoms with E-state index in [4.69, 9.17) is 9.72 Å². The molecule has 0 radical (unpaired) electrons. The van der Waals surface area contributed by atoms with Gasteiger partial charge in [-0.15, -0.1) is 0 Å². The van der Waals surface area contributed by atoms with Crippen LogP contribution in [0, 0.1) is 20.8 Å². The lowest BCUT2D eigenvalue weighted by atomic mass is 10.1. The fraction of sp³-hybridized carbons (Fsp3) is 0.333. The van der Waals surface area contributed by atoms with E-state index in [0.717, 1.165) is 35.7 Å². The van der Waals surface area contributed by atoms with E-state index in [0.29, 0.717) is 13.1 Å². The van der Waals surface area contributed by atoms with E-state index in [1.807, 2.05) is 49.1 Å². The quantitative estimate of drug-likeness (QED) is 0.679. The third-order valence-electron chi connectivity index (χ3n) is 5.77. The molecule has 4 rings (SSSR count). The van der Waals surface area contributed by atoms with Crippen LogP contribution in [-0.2, 0) is 4.79 Å². The van der Waals surface area contributed by atoms with Crippen LogP contribution in [0.5, 0.6) is 5.75 Å². The maximum absolute atomic E-state index is 12.6. The number of carbonyl (C=O) groups excluding carboxylic acids is 1. The number of piperazine rings is 1. The Kier molecular flexibility index (Phi) is 5.38. The standard InChI is InChI=1S/C24H27N3O2/c1-17-7-6-10-22(19(17)3)29-16-24(28)27-13-11-26(12-14-27)23-15-18(2)20-8-4-5-9-21(20)25-23/h4-10,15H,11-14,16H2,1-3H3. The first-order valence-electron chi connectivity index (χ1n) is 10.1. The predicted molar refractivity (Wildman–Crippen MR) is 117 cm³/mol. The first-order chi connectivity index (χ1) is 14.0. The summed E-state index contributed by atoms with van der Waals surface area (Å²) in [5.41, 5.74) is 4.50. The first-order valence-corrected chi connectivity index (χ1v) is 10.1. The normalized spacial score (nSPS) is 14.3. The predicted octanol–water partition coefficient (Wildman–Crippen LogP) is 3.89.